The van der Waals surface area contributed by atoms with Crippen LogP contribution in [0, 0.1) is 28.6 Å². The van der Waals surface area contributed by atoms with Crippen molar-refractivity contribution in [1.82, 2.24) is 0 Å². The molecule has 4 heteroatoms. The lowest BCUT2D eigenvalue weighted by molar-refractivity contribution is -0.161. The van der Waals surface area contributed by atoms with Gasteiger partial charge < -0.3 is 10.2 Å². The van der Waals surface area contributed by atoms with Crippen LogP contribution in [0.3, 0.4) is 0 Å². The number of carbonyl (C=O) groups is 2. The van der Waals surface area contributed by atoms with Crippen molar-refractivity contribution in [3.05, 3.63) is 35.5 Å². The average molecular weight is 356 g/mol. The maximum atomic E-state index is 12.5. The fraction of sp³-hybridized carbons (Fsp3) is 0.636. The summed E-state index contributed by atoms with van der Waals surface area (Å²) in [5, 5.41) is 20.9. The van der Waals surface area contributed by atoms with Gasteiger partial charge >= 0.3 is 0 Å². The number of ketones is 2. The standard InChI is InChI=1S/C22H28O4/c1-13-10-18-16-5-4-14-11-15(24)6-8-20(14,2)17(16)7-9-21(18,3)22(13,26)19(25)12-23/h6-8,11,13,16,18,23,26H,4-5,9-10,12H2,1-3H3/t13-,16+,18+,20-,21+,22-/m0/s1. The third kappa shape index (κ3) is 1.97. The van der Waals surface area contributed by atoms with Gasteiger partial charge in [-0.3, -0.25) is 9.59 Å². The molecule has 26 heavy (non-hydrogen) atoms. The van der Waals surface area contributed by atoms with Gasteiger partial charge in [0.05, 0.1) is 0 Å². The summed E-state index contributed by atoms with van der Waals surface area (Å²) in [4.78, 5) is 24.3. The first-order chi connectivity index (χ1) is 12.2. The van der Waals surface area contributed by atoms with Crippen LogP contribution in [0.4, 0.5) is 0 Å². The van der Waals surface area contributed by atoms with Crippen LogP contribution in [0.15, 0.2) is 35.5 Å². The Labute approximate surface area is 154 Å². The molecule has 0 saturated heterocycles. The van der Waals surface area contributed by atoms with Crippen LogP contribution in [-0.4, -0.2) is 34.0 Å². The number of rotatable bonds is 2. The van der Waals surface area contributed by atoms with Crippen molar-refractivity contribution in [3.8, 4) is 0 Å². The Bertz CT molecular complexity index is 775. The number of allylic oxidation sites excluding steroid dienone is 6. The van der Waals surface area contributed by atoms with E-state index < -0.39 is 23.4 Å². The molecule has 0 aromatic carbocycles. The van der Waals surface area contributed by atoms with Gasteiger partial charge in [-0.15, -0.1) is 0 Å². The van der Waals surface area contributed by atoms with Gasteiger partial charge in [0, 0.05) is 10.8 Å². The quantitative estimate of drug-likeness (QED) is 0.746. The van der Waals surface area contributed by atoms with Crippen molar-refractivity contribution in [2.75, 3.05) is 6.61 Å². The van der Waals surface area contributed by atoms with Gasteiger partial charge in [-0.2, -0.15) is 0 Å². The molecule has 0 aliphatic heterocycles. The fourth-order valence-corrected chi connectivity index (χ4v) is 6.58. The molecule has 0 bridgehead atoms. The van der Waals surface area contributed by atoms with Crippen molar-refractivity contribution >= 4 is 11.6 Å². The van der Waals surface area contributed by atoms with Crippen molar-refractivity contribution < 1.29 is 19.8 Å². The zero-order valence-corrected chi connectivity index (χ0v) is 15.8. The number of Topliss-reactive ketones (excluding diaryl/α,β-unsaturated/α-hetero) is 1. The Balaban J connectivity index is 1.79. The SMILES string of the molecule is C[C@H]1C[C@@H]2[C@@H]3CCC4=CC(=O)C=C[C@]4(C)C3=CC[C@@]2(C)[C@@]1(O)C(=O)CO. The van der Waals surface area contributed by atoms with Gasteiger partial charge in [0.2, 0.25) is 0 Å². The second-order valence-corrected chi connectivity index (χ2v) is 9.12. The molecular weight excluding hydrogens is 328 g/mol. The molecule has 2 N–H and O–H groups in total. The van der Waals surface area contributed by atoms with E-state index in [2.05, 4.69) is 13.0 Å². The van der Waals surface area contributed by atoms with Gasteiger partial charge in [-0.05, 0) is 62.5 Å². The molecule has 2 saturated carbocycles. The molecule has 0 amide bonds. The summed E-state index contributed by atoms with van der Waals surface area (Å²) in [6.45, 7) is 5.54. The van der Waals surface area contributed by atoms with Crippen LogP contribution >= 0.6 is 0 Å². The molecule has 0 spiro atoms. The summed E-state index contributed by atoms with van der Waals surface area (Å²) in [5.74, 6) is -0.0376. The molecule has 4 nitrogen and oxygen atoms in total. The number of hydrogen-bond acceptors (Lipinski definition) is 4. The predicted molar refractivity (Wildman–Crippen MR) is 98.2 cm³/mol. The molecule has 6 atom stereocenters. The third-order valence-corrected chi connectivity index (χ3v) is 8.10. The van der Waals surface area contributed by atoms with E-state index in [4.69, 9.17) is 0 Å². The molecular formula is C22H28O4. The third-order valence-electron chi connectivity index (χ3n) is 8.10. The Morgan fingerprint density at radius 1 is 1.35 bits per heavy atom. The summed E-state index contributed by atoms with van der Waals surface area (Å²) in [5.41, 5.74) is 0.289. The lowest BCUT2D eigenvalue weighted by Crippen LogP contribution is -2.57. The second-order valence-electron chi connectivity index (χ2n) is 9.12. The fourth-order valence-electron chi connectivity index (χ4n) is 6.58. The highest BCUT2D eigenvalue weighted by molar-refractivity contribution is 6.01. The molecule has 4 aliphatic rings. The van der Waals surface area contributed by atoms with Gasteiger partial charge in [-0.25, -0.2) is 0 Å². The number of fused-ring (bicyclic) bond motifs is 5. The van der Waals surface area contributed by atoms with Gasteiger partial charge in [-0.1, -0.05) is 37.1 Å². The van der Waals surface area contributed by atoms with E-state index in [-0.39, 0.29) is 23.0 Å². The molecule has 0 radical (unpaired) electrons. The number of aliphatic hydroxyl groups excluding tert-OH is 1. The van der Waals surface area contributed by atoms with E-state index in [9.17, 15) is 19.8 Å². The van der Waals surface area contributed by atoms with E-state index in [1.807, 2.05) is 19.9 Å². The summed E-state index contributed by atoms with van der Waals surface area (Å²) in [6, 6.07) is 0. The summed E-state index contributed by atoms with van der Waals surface area (Å²) >= 11 is 0. The minimum atomic E-state index is -1.47. The highest BCUT2D eigenvalue weighted by atomic mass is 16.3. The predicted octanol–water partition coefficient (Wildman–Crippen LogP) is 2.75. The minimum absolute atomic E-state index is 0.0644. The lowest BCUT2D eigenvalue weighted by Gasteiger charge is -2.53. The topological polar surface area (TPSA) is 74.6 Å². The van der Waals surface area contributed by atoms with Gasteiger partial charge in [0.15, 0.2) is 11.6 Å². The average Bonchev–Trinajstić information content (AvgIpc) is 2.83. The summed E-state index contributed by atoms with van der Waals surface area (Å²) < 4.78 is 0. The Morgan fingerprint density at radius 2 is 2.08 bits per heavy atom. The molecule has 140 valence electrons. The monoisotopic (exact) mass is 356 g/mol. The van der Waals surface area contributed by atoms with E-state index in [1.54, 1.807) is 12.2 Å². The Kier molecular flexibility index (Phi) is 3.78. The van der Waals surface area contributed by atoms with E-state index in [0.29, 0.717) is 12.3 Å². The molecule has 2 fully saturated rings. The molecule has 0 aromatic rings. The van der Waals surface area contributed by atoms with Gasteiger partial charge in [0.25, 0.3) is 0 Å². The molecule has 0 heterocycles. The number of hydrogen-bond donors (Lipinski definition) is 2. The highest BCUT2D eigenvalue weighted by Crippen LogP contribution is 2.66. The first kappa shape index (κ1) is 17.9. The molecule has 4 aliphatic carbocycles. The number of carbonyl (C=O) groups excluding carboxylic acids is 2. The lowest BCUT2D eigenvalue weighted by atomic mass is 9.51. The zero-order valence-electron chi connectivity index (χ0n) is 15.8. The van der Waals surface area contributed by atoms with E-state index in [0.717, 1.165) is 19.3 Å². The maximum absolute atomic E-state index is 12.5. The summed E-state index contributed by atoms with van der Waals surface area (Å²) in [7, 11) is 0. The van der Waals surface area contributed by atoms with Crippen LogP contribution in [0.1, 0.15) is 46.5 Å². The number of aliphatic hydroxyl groups is 2. The Morgan fingerprint density at radius 3 is 2.77 bits per heavy atom. The van der Waals surface area contributed by atoms with Crippen LogP contribution in [0.5, 0.6) is 0 Å². The minimum Gasteiger partial charge on any atom is -0.388 e. The van der Waals surface area contributed by atoms with Crippen LogP contribution in [0.25, 0.3) is 0 Å². The molecule has 0 unspecified atom stereocenters. The molecule has 4 rings (SSSR count). The van der Waals surface area contributed by atoms with Crippen LogP contribution in [0.2, 0.25) is 0 Å². The highest BCUT2D eigenvalue weighted by Gasteiger charge is 2.66. The first-order valence-corrected chi connectivity index (χ1v) is 9.70. The largest absolute Gasteiger partial charge is 0.388 e. The second kappa shape index (κ2) is 5.49. The summed E-state index contributed by atoms with van der Waals surface area (Å²) in [6.07, 6.45) is 10.9. The maximum Gasteiger partial charge on any atom is 0.190 e. The van der Waals surface area contributed by atoms with Crippen LogP contribution in [-0.2, 0) is 9.59 Å². The normalized spacial score (nSPS) is 46.8. The van der Waals surface area contributed by atoms with Crippen LogP contribution < -0.4 is 0 Å². The molecule has 0 aromatic heterocycles. The smallest absolute Gasteiger partial charge is 0.190 e. The van der Waals surface area contributed by atoms with Crippen molar-refractivity contribution in [2.24, 2.45) is 28.6 Å². The van der Waals surface area contributed by atoms with Gasteiger partial charge in [0.1, 0.15) is 12.2 Å². The van der Waals surface area contributed by atoms with E-state index >= 15 is 0 Å². The zero-order chi connectivity index (χ0) is 18.9. The first-order valence-electron chi connectivity index (χ1n) is 9.70. The van der Waals surface area contributed by atoms with Crippen molar-refractivity contribution in [2.45, 2.75) is 52.1 Å². The Hall–Kier alpha value is -1.52. The van der Waals surface area contributed by atoms with E-state index in [1.165, 1.54) is 11.1 Å². The van der Waals surface area contributed by atoms with Crippen molar-refractivity contribution in [3.63, 3.8) is 0 Å². The van der Waals surface area contributed by atoms with Crippen molar-refractivity contribution in [1.29, 1.82) is 0 Å².